The van der Waals surface area contributed by atoms with E-state index in [1.54, 1.807) is 0 Å². The van der Waals surface area contributed by atoms with Crippen LogP contribution in [0.3, 0.4) is 0 Å². The van der Waals surface area contributed by atoms with Gasteiger partial charge in [0.2, 0.25) is 0 Å². The van der Waals surface area contributed by atoms with Crippen LogP contribution < -0.4 is 42.1 Å². The van der Waals surface area contributed by atoms with Gasteiger partial charge in [0.05, 0.1) is 0 Å². The summed E-state index contributed by atoms with van der Waals surface area (Å²) in [5.41, 5.74) is 5.34. The second kappa shape index (κ2) is 8.20. The molecule has 0 amide bonds. The molecule has 1 nitrogen and oxygen atoms in total. The number of anilines is 1. The van der Waals surface area contributed by atoms with E-state index in [1.165, 1.54) is 50.5 Å². The van der Waals surface area contributed by atoms with Crippen LogP contribution in [-0.2, 0) is 24.7 Å². The van der Waals surface area contributed by atoms with E-state index in [9.17, 15) is 0 Å². The summed E-state index contributed by atoms with van der Waals surface area (Å²) in [5, 5.41) is 0. The second-order valence-corrected chi connectivity index (χ2v) is 6.48. The van der Waals surface area contributed by atoms with Crippen molar-refractivity contribution in [2.24, 2.45) is 0 Å². The first kappa shape index (κ1) is 20.5. The van der Waals surface area contributed by atoms with Crippen molar-refractivity contribution in [3.63, 3.8) is 0 Å². The molecule has 0 radical (unpaired) electrons. The van der Waals surface area contributed by atoms with Crippen molar-refractivity contribution in [1.29, 1.82) is 0 Å². The SMILES string of the molecule is CC1=CC2=[C]([Zr+3])C(Br)N(c3ccccc3)C2=C1.[Cl-].[Cl-].[Cl-]. The molecule has 6 heteroatoms. The number of rotatable bonds is 1. The van der Waals surface area contributed by atoms with Crippen LogP contribution in [0.25, 0.3) is 0 Å². The van der Waals surface area contributed by atoms with E-state index in [0.29, 0.717) is 4.95 Å². The molecule has 20 heavy (non-hydrogen) atoms. The molecule has 0 saturated carbocycles. The van der Waals surface area contributed by atoms with Crippen LogP contribution in [0, 0.1) is 0 Å². The fraction of sp³-hybridized carbons (Fsp3) is 0.143. The molecule has 1 aliphatic heterocycles. The van der Waals surface area contributed by atoms with E-state index in [2.05, 4.69) is 70.2 Å². The third-order valence-electron chi connectivity index (χ3n) is 3.06. The average Bonchev–Trinajstić information content (AvgIpc) is 2.80. The first-order valence-corrected chi connectivity index (χ1v) is 7.67. The van der Waals surface area contributed by atoms with Gasteiger partial charge in [0, 0.05) is 0 Å². The Morgan fingerprint density at radius 3 is 2.25 bits per heavy atom. The van der Waals surface area contributed by atoms with E-state index < -0.39 is 0 Å². The molecule has 0 bridgehead atoms. The molecule has 1 heterocycles. The normalized spacial score (nSPS) is 19.4. The van der Waals surface area contributed by atoms with Crippen LogP contribution in [0.4, 0.5) is 5.69 Å². The minimum Gasteiger partial charge on any atom is -1.00 e. The van der Waals surface area contributed by atoms with E-state index in [1.807, 2.05) is 0 Å². The Hall–Kier alpha value is 0.473. The first-order chi connectivity index (χ1) is 8.18. The van der Waals surface area contributed by atoms with E-state index in [4.69, 9.17) is 0 Å². The predicted molar refractivity (Wildman–Crippen MR) is 70.5 cm³/mol. The van der Waals surface area contributed by atoms with Gasteiger partial charge in [0.15, 0.2) is 0 Å². The van der Waals surface area contributed by atoms with Gasteiger partial charge in [-0.15, -0.1) is 0 Å². The third kappa shape index (κ3) is 3.44. The number of alkyl halides is 1. The largest absolute Gasteiger partial charge is 1.00 e. The van der Waals surface area contributed by atoms with E-state index in [0.717, 1.165) is 0 Å². The Bertz CT molecular complexity index is 569. The molecule has 104 valence electrons. The molecule has 3 rings (SSSR count). The summed E-state index contributed by atoms with van der Waals surface area (Å²) < 4.78 is 1.48. The number of allylic oxidation sites excluding steroid dienone is 3. The van der Waals surface area contributed by atoms with Gasteiger partial charge in [0.1, 0.15) is 0 Å². The molecule has 2 aliphatic rings. The molecule has 0 aromatic heterocycles. The predicted octanol–water partition coefficient (Wildman–Crippen LogP) is -5.12. The first-order valence-electron chi connectivity index (χ1n) is 5.53. The zero-order valence-electron chi connectivity index (χ0n) is 10.6. The molecule has 0 spiro atoms. The van der Waals surface area contributed by atoms with Gasteiger partial charge < -0.3 is 37.2 Å². The Kier molecular flexibility index (Phi) is 8.39. The average molecular weight is 471 g/mol. The number of para-hydroxylation sites is 1. The summed E-state index contributed by atoms with van der Waals surface area (Å²) in [7, 11) is 0. The standard InChI is InChI=1S/C14H11BrN.3ClH.Zr/c1-10-7-11-9-14(15)16(13(11)8-10)12-5-3-2-4-6-12;;;;/h2-8,14H,1H3;3*1H;/q;;;;+3/p-3. The molecular formula is C14H11BrCl3NZr. The van der Waals surface area contributed by atoms with Gasteiger partial charge in [0.25, 0.3) is 0 Å². The molecule has 1 unspecified atom stereocenters. The molecule has 1 aliphatic carbocycles. The van der Waals surface area contributed by atoms with Crippen molar-refractivity contribution < 1.29 is 61.9 Å². The van der Waals surface area contributed by atoms with Crippen LogP contribution in [0.2, 0.25) is 0 Å². The molecule has 1 aromatic rings. The fourth-order valence-electron chi connectivity index (χ4n) is 2.29. The Labute approximate surface area is 161 Å². The van der Waals surface area contributed by atoms with Crippen molar-refractivity contribution in [3.8, 4) is 0 Å². The summed E-state index contributed by atoms with van der Waals surface area (Å²) in [6.07, 6.45) is 4.56. The summed E-state index contributed by atoms with van der Waals surface area (Å²) in [5.74, 6) is 0. The summed E-state index contributed by atoms with van der Waals surface area (Å²) in [4.78, 5) is 2.68. The maximum atomic E-state index is 3.80. The van der Waals surface area contributed by atoms with Crippen molar-refractivity contribution in [2.45, 2.75) is 11.9 Å². The summed E-state index contributed by atoms with van der Waals surface area (Å²) in [6.45, 7) is 2.16. The quantitative estimate of drug-likeness (QED) is 0.293. The van der Waals surface area contributed by atoms with Crippen LogP contribution in [0.1, 0.15) is 6.92 Å². The number of hydrogen-bond acceptors (Lipinski definition) is 1. The Morgan fingerprint density at radius 1 is 1.05 bits per heavy atom. The monoisotopic (exact) mass is 467 g/mol. The van der Waals surface area contributed by atoms with Gasteiger partial charge >= 0.3 is 126 Å². The van der Waals surface area contributed by atoms with Gasteiger partial charge in [-0.1, -0.05) is 0 Å². The van der Waals surface area contributed by atoms with Crippen LogP contribution in [-0.4, -0.2) is 4.95 Å². The minimum absolute atomic E-state index is 0. The smallest absolute Gasteiger partial charge is 1.00 e. The Morgan fingerprint density at radius 2 is 1.65 bits per heavy atom. The maximum Gasteiger partial charge on any atom is -1.00 e. The maximum absolute atomic E-state index is 3.80. The van der Waals surface area contributed by atoms with E-state index >= 15 is 0 Å². The molecule has 0 saturated heterocycles. The topological polar surface area (TPSA) is 3.24 Å². The summed E-state index contributed by atoms with van der Waals surface area (Å²) in [6, 6.07) is 10.6. The van der Waals surface area contributed by atoms with Gasteiger partial charge in [-0.2, -0.15) is 0 Å². The fourth-order valence-corrected chi connectivity index (χ4v) is 3.80. The number of hydrogen-bond donors (Lipinski definition) is 0. The van der Waals surface area contributed by atoms with Gasteiger partial charge in [-0.3, -0.25) is 0 Å². The third-order valence-corrected chi connectivity index (χ3v) is 6.30. The zero-order valence-corrected chi connectivity index (χ0v) is 16.9. The number of fused-ring (bicyclic) bond motifs is 1. The van der Waals surface area contributed by atoms with Gasteiger partial charge in [-0.25, -0.2) is 0 Å². The molecular weight excluding hydrogens is 460 g/mol. The van der Waals surface area contributed by atoms with Crippen LogP contribution in [0.5, 0.6) is 0 Å². The molecule has 0 fully saturated rings. The minimum atomic E-state index is 0. The number of nitrogens with zero attached hydrogens (tertiary/aromatic N) is 1. The molecule has 1 atom stereocenters. The zero-order chi connectivity index (χ0) is 12.0. The van der Waals surface area contributed by atoms with Crippen molar-refractivity contribution >= 4 is 21.6 Å². The van der Waals surface area contributed by atoms with Crippen molar-refractivity contribution in [3.05, 3.63) is 62.6 Å². The van der Waals surface area contributed by atoms with E-state index in [-0.39, 0.29) is 37.2 Å². The van der Waals surface area contributed by atoms with Crippen LogP contribution >= 0.6 is 15.9 Å². The number of halogens is 4. The van der Waals surface area contributed by atoms with Crippen molar-refractivity contribution in [2.75, 3.05) is 4.90 Å². The second-order valence-electron chi connectivity index (χ2n) is 4.29. The van der Waals surface area contributed by atoms with Crippen LogP contribution in [0.15, 0.2) is 62.6 Å². The van der Waals surface area contributed by atoms with Crippen molar-refractivity contribution in [1.82, 2.24) is 0 Å². The molecule has 1 aromatic carbocycles. The Balaban J connectivity index is 0.00000120. The van der Waals surface area contributed by atoms with Gasteiger partial charge in [-0.05, 0) is 0 Å². The number of benzene rings is 1. The summed E-state index contributed by atoms with van der Waals surface area (Å²) >= 11 is 5.28. The molecule has 0 N–H and O–H groups in total.